The molecule has 3 aromatic rings. The Bertz CT molecular complexity index is 1020. The molecule has 2 amide bonds. The molecule has 1 heterocycles. The second kappa shape index (κ2) is 9.89. The van der Waals surface area contributed by atoms with E-state index in [2.05, 4.69) is 22.8 Å². The number of carbonyl (C=O) groups excluding carboxylic acids is 1. The summed E-state index contributed by atoms with van der Waals surface area (Å²) in [5.74, 6) is 2.27. The second-order valence-corrected chi connectivity index (χ2v) is 7.46. The minimum Gasteiger partial charge on any atom is -0.497 e. The Morgan fingerprint density at radius 1 is 0.903 bits per heavy atom. The molecule has 0 unspecified atom stereocenters. The first-order valence-electron chi connectivity index (χ1n) is 10.3. The van der Waals surface area contributed by atoms with Crippen molar-refractivity contribution in [3.63, 3.8) is 0 Å². The molecule has 0 bridgehead atoms. The lowest BCUT2D eigenvalue weighted by atomic mass is 9.98. The summed E-state index contributed by atoms with van der Waals surface area (Å²) in [6, 6.07) is 23.4. The van der Waals surface area contributed by atoms with Crippen LogP contribution in [-0.2, 0) is 19.4 Å². The van der Waals surface area contributed by atoms with E-state index in [-0.39, 0.29) is 18.9 Å². The van der Waals surface area contributed by atoms with Crippen LogP contribution in [0.15, 0.2) is 72.8 Å². The molecule has 1 atom stereocenters. The summed E-state index contributed by atoms with van der Waals surface area (Å²) in [5.41, 5.74) is 3.23. The van der Waals surface area contributed by atoms with Crippen molar-refractivity contribution >= 4 is 6.03 Å². The van der Waals surface area contributed by atoms with Crippen molar-refractivity contribution in [2.45, 2.75) is 25.4 Å². The van der Waals surface area contributed by atoms with Gasteiger partial charge in [-0.2, -0.15) is 0 Å². The first-order chi connectivity index (χ1) is 15.2. The highest BCUT2D eigenvalue weighted by atomic mass is 16.7. The Hall–Kier alpha value is -3.67. The van der Waals surface area contributed by atoms with E-state index in [1.807, 2.05) is 60.7 Å². The number of amides is 2. The van der Waals surface area contributed by atoms with Gasteiger partial charge in [0, 0.05) is 12.6 Å². The van der Waals surface area contributed by atoms with Gasteiger partial charge in [0.05, 0.1) is 7.11 Å². The van der Waals surface area contributed by atoms with Gasteiger partial charge in [-0.25, -0.2) is 4.79 Å². The number of rotatable bonds is 8. The SMILES string of the molecule is COc1cccc(CNC(=O)N[C@@H](Cc2ccccc2)Cc2ccc3c(c2)OCO3)c1. The molecule has 0 fully saturated rings. The summed E-state index contributed by atoms with van der Waals surface area (Å²) in [6.45, 7) is 0.669. The molecule has 0 aliphatic carbocycles. The molecule has 0 saturated carbocycles. The molecular weight excluding hydrogens is 392 g/mol. The van der Waals surface area contributed by atoms with E-state index in [0.29, 0.717) is 13.0 Å². The standard InChI is InChI=1S/C25H26N2O4/c1-29-22-9-5-8-20(14-22)16-26-25(28)27-21(12-18-6-3-2-4-7-18)13-19-10-11-23-24(15-19)31-17-30-23/h2-11,14-15,21H,12-13,16-17H2,1H3,(H2,26,27,28)/t21-/m0/s1. The molecule has 2 N–H and O–H groups in total. The third-order valence-corrected chi connectivity index (χ3v) is 5.17. The van der Waals surface area contributed by atoms with Gasteiger partial charge in [0.15, 0.2) is 11.5 Å². The smallest absolute Gasteiger partial charge is 0.315 e. The summed E-state index contributed by atoms with van der Waals surface area (Å²) in [7, 11) is 1.63. The van der Waals surface area contributed by atoms with E-state index in [1.165, 1.54) is 5.56 Å². The van der Waals surface area contributed by atoms with Crippen molar-refractivity contribution in [1.29, 1.82) is 0 Å². The Labute approximate surface area is 182 Å². The van der Waals surface area contributed by atoms with Gasteiger partial charge in [0.1, 0.15) is 5.75 Å². The number of methoxy groups -OCH3 is 1. The highest BCUT2D eigenvalue weighted by Gasteiger charge is 2.18. The summed E-state index contributed by atoms with van der Waals surface area (Å²) in [4.78, 5) is 12.7. The minimum absolute atomic E-state index is 0.0759. The van der Waals surface area contributed by atoms with Crippen LogP contribution >= 0.6 is 0 Å². The van der Waals surface area contributed by atoms with Gasteiger partial charge in [-0.3, -0.25) is 0 Å². The highest BCUT2D eigenvalue weighted by Crippen LogP contribution is 2.32. The van der Waals surface area contributed by atoms with Crippen molar-refractivity contribution < 1.29 is 19.0 Å². The van der Waals surface area contributed by atoms with Crippen molar-refractivity contribution in [1.82, 2.24) is 10.6 Å². The minimum atomic E-state index is -0.204. The van der Waals surface area contributed by atoms with Crippen molar-refractivity contribution in [3.8, 4) is 17.2 Å². The lowest BCUT2D eigenvalue weighted by molar-refractivity contribution is 0.174. The maximum Gasteiger partial charge on any atom is 0.315 e. The molecule has 4 rings (SSSR count). The highest BCUT2D eigenvalue weighted by molar-refractivity contribution is 5.74. The van der Waals surface area contributed by atoms with Gasteiger partial charge < -0.3 is 24.8 Å². The molecule has 1 aliphatic rings. The van der Waals surface area contributed by atoms with Crippen molar-refractivity contribution in [2.24, 2.45) is 0 Å². The van der Waals surface area contributed by atoms with E-state index in [9.17, 15) is 4.79 Å². The Kier molecular flexibility index (Phi) is 6.57. The summed E-state index contributed by atoms with van der Waals surface area (Å²) in [6.07, 6.45) is 1.40. The molecule has 160 valence electrons. The summed E-state index contributed by atoms with van der Waals surface area (Å²) in [5, 5.41) is 6.07. The van der Waals surface area contributed by atoms with E-state index in [0.717, 1.165) is 34.8 Å². The molecule has 0 saturated heterocycles. The first kappa shape index (κ1) is 20.6. The average molecular weight is 418 g/mol. The monoisotopic (exact) mass is 418 g/mol. The van der Waals surface area contributed by atoms with Gasteiger partial charge in [0.2, 0.25) is 6.79 Å². The largest absolute Gasteiger partial charge is 0.497 e. The fourth-order valence-electron chi connectivity index (χ4n) is 3.63. The molecule has 0 aromatic heterocycles. The number of hydrogen-bond acceptors (Lipinski definition) is 4. The zero-order valence-corrected chi connectivity index (χ0v) is 17.5. The normalized spacial score (nSPS) is 12.8. The van der Waals surface area contributed by atoms with Crippen LogP contribution in [0.25, 0.3) is 0 Å². The van der Waals surface area contributed by atoms with Crippen LogP contribution in [0.2, 0.25) is 0 Å². The Morgan fingerprint density at radius 3 is 2.52 bits per heavy atom. The molecule has 31 heavy (non-hydrogen) atoms. The van der Waals surface area contributed by atoms with Gasteiger partial charge in [-0.05, 0) is 53.8 Å². The van der Waals surface area contributed by atoms with Gasteiger partial charge in [0.25, 0.3) is 0 Å². The van der Waals surface area contributed by atoms with Crippen LogP contribution in [0.1, 0.15) is 16.7 Å². The van der Waals surface area contributed by atoms with E-state index in [1.54, 1.807) is 7.11 Å². The number of hydrogen-bond donors (Lipinski definition) is 2. The number of ether oxygens (including phenoxy) is 3. The van der Waals surface area contributed by atoms with Crippen LogP contribution in [0, 0.1) is 0 Å². The molecular formula is C25H26N2O4. The predicted molar refractivity (Wildman–Crippen MR) is 119 cm³/mol. The topological polar surface area (TPSA) is 68.8 Å². The zero-order valence-electron chi connectivity index (χ0n) is 17.5. The lowest BCUT2D eigenvalue weighted by Gasteiger charge is -2.20. The predicted octanol–water partition coefficient (Wildman–Crippen LogP) is 4.08. The molecule has 0 spiro atoms. The summed E-state index contributed by atoms with van der Waals surface area (Å²) < 4.78 is 16.1. The van der Waals surface area contributed by atoms with Crippen LogP contribution in [-0.4, -0.2) is 26.0 Å². The van der Waals surface area contributed by atoms with Gasteiger partial charge in [-0.15, -0.1) is 0 Å². The van der Waals surface area contributed by atoms with E-state index >= 15 is 0 Å². The Morgan fingerprint density at radius 2 is 1.68 bits per heavy atom. The molecule has 6 nitrogen and oxygen atoms in total. The van der Waals surface area contributed by atoms with Gasteiger partial charge in [-0.1, -0.05) is 48.5 Å². The lowest BCUT2D eigenvalue weighted by Crippen LogP contribution is -2.43. The van der Waals surface area contributed by atoms with Gasteiger partial charge >= 0.3 is 6.03 Å². The number of fused-ring (bicyclic) bond motifs is 1. The third-order valence-electron chi connectivity index (χ3n) is 5.17. The van der Waals surface area contributed by atoms with Crippen LogP contribution in [0.3, 0.4) is 0 Å². The molecule has 6 heteroatoms. The van der Waals surface area contributed by atoms with Crippen LogP contribution in [0.5, 0.6) is 17.2 Å². The summed E-state index contributed by atoms with van der Waals surface area (Å²) >= 11 is 0. The molecule has 0 radical (unpaired) electrons. The average Bonchev–Trinajstić information content (AvgIpc) is 3.26. The Balaban J connectivity index is 1.41. The van der Waals surface area contributed by atoms with E-state index in [4.69, 9.17) is 14.2 Å². The maximum absolute atomic E-state index is 12.7. The van der Waals surface area contributed by atoms with E-state index < -0.39 is 0 Å². The fraction of sp³-hybridized carbons (Fsp3) is 0.240. The molecule has 3 aromatic carbocycles. The van der Waals surface area contributed by atoms with Crippen molar-refractivity contribution in [3.05, 3.63) is 89.5 Å². The zero-order chi connectivity index (χ0) is 21.5. The van der Waals surface area contributed by atoms with Crippen molar-refractivity contribution in [2.75, 3.05) is 13.9 Å². The number of urea groups is 1. The number of benzene rings is 3. The fourth-order valence-corrected chi connectivity index (χ4v) is 3.63. The third kappa shape index (κ3) is 5.69. The first-order valence-corrected chi connectivity index (χ1v) is 10.3. The number of carbonyl (C=O) groups is 1. The van der Waals surface area contributed by atoms with Crippen LogP contribution < -0.4 is 24.8 Å². The molecule has 1 aliphatic heterocycles. The van der Waals surface area contributed by atoms with Crippen LogP contribution in [0.4, 0.5) is 4.79 Å². The number of nitrogens with one attached hydrogen (secondary N) is 2. The second-order valence-electron chi connectivity index (χ2n) is 7.46. The quantitative estimate of drug-likeness (QED) is 0.579. The maximum atomic E-state index is 12.7.